The second kappa shape index (κ2) is 6.70. The summed E-state index contributed by atoms with van der Waals surface area (Å²) in [7, 11) is -4.25. The Morgan fingerprint density at radius 3 is 2.40 bits per heavy atom. The molecule has 2 aromatic rings. The van der Waals surface area contributed by atoms with Crippen LogP contribution in [0.1, 0.15) is 24.4 Å². The summed E-state index contributed by atoms with van der Waals surface area (Å²) in [5.74, 6) is -0.371. The van der Waals surface area contributed by atoms with Crippen molar-refractivity contribution in [3.8, 4) is 0 Å². The van der Waals surface area contributed by atoms with Gasteiger partial charge in [-0.15, -0.1) is 0 Å². The molecule has 1 unspecified atom stereocenters. The van der Waals surface area contributed by atoms with Crippen molar-refractivity contribution in [1.82, 2.24) is 4.72 Å². The molecule has 0 saturated heterocycles. The van der Waals surface area contributed by atoms with Gasteiger partial charge in [0.1, 0.15) is 5.82 Å². The van der Waals surface area contributed by atoms with E-state index in [9.17, 15) is 22.9 Å². The lowest BCUT2D eigenvalue weighted by atomic mass is 10.0. The lowest BCUT2D eigenvalue weighted by molar-refractivity contribution is -0.387. The van der Waals surface area contributed by atoms with Gasteiger partial charge in [-0.05, 0) is 42.5 Å². The quantitative estimate of drug-likeness (QED) is 0.605. The van der Waals surface area contributed by atoms with E-state index in [1.165, 1.54) is 36.4 Å². The molecule has 0 bridgehead atoms. The third-order valence-corrected chi connectivity index (χ3v) is 5.97. The van der Waals surface area contributed by atoms with Gasteiger partial charge >= 0.3 is 0 Å². The minimum atomic E-state index is -4.25. The topological polar surface area (TPSA) is 89.3 Å². The molecule has 0 radical (unpaired) electrons. The van der Waals surface area contributed by atoms with Crippen molar-refractivity contribution in [3.05, 3.63) is 69.0 Å². The molecular formula is C16H14ClFN2O4S. The first-order valence-corrected chi connectivity index (χ1v) is 9.36. The summed E-state index contributed by atoms with van der Waals surface area (Å²) >= 11 is 5.93. The number of nitro groups is 1. The monoisotopic (exact) mass is 384 g/mol. The Labute approximate surface area is 148 Å². The second-order valence-electron chi connectivity index (χ2n) is 5.83. The van der Waals surface area contributed by atoms with E-state index in [1.807, 2.05) is 0 Å². The zero-order valence-electron chi connectivity index (χ0n) is 12.9. The van der Waals surface area contributed by atoms with Crippen LogP contribution in [-0.4, -0.2) is 13.3 Å². The summed E-state index contributed by atoms with van der Waals surface area (Å²) < 4.78 is 41.2. The highest BCUT2D eigenvalue weighted by Crippen LogP contribution is 2.42. The summed E-state index contributed by atoms with van der Waals surface area (Å²) in [5, 5.41) is 10.9. The SMILES string of the molecule is O=[N+]([O-])c1cccc(Cl)c1S(=O)(=O)NC(c1ccc(F)cc1)C1CC1. The van der Waals surface area contributed by atoms with Gasteiger partial charge in [-0.1, -0.05) is 29.8 Å². The van der Waals surface area contributed by atoms with Crippen molar-refractivity contribution < 1.29 is 17.7 Å². The fraction of sp³-hybridized carbons (Fsp3) is 0.250. The van der Waals surface area contributed by atoms with Gasteiger partial charge in [0.25, 0.3) is 5.69 Å². The fourth-order valence-electron chi connectivity index (χ4n) is 2.67. The minimum absolute atomic E-state index is 0.0572. The molecule has 9 heteroatoms. The van der Waals surface area contributed by atoms with Gasteiger partial charge in [-0.2, -0.15) is 0 Å². The van der Waals surface area contributed by atoms with Crippen LogP contribution in [-0.2, 0) is 10.0 Å². The predicted molar refractivity (Wildman–Crippen MR) is 90.3 cm³/mol. The Morgan fingerprint density at radius 2 is 1.84 bits per heavy atom. The Balaban J connectivity index is 2.00. The Bertz CT molecular complexity index is 914. The van der Waals surface area contributed by atoms with E-state index < -0.39 is 37.4 Å². The maximum atomic E-state index is 13.1. The van der Waals surface area contributed by atoms with Crippen LogP contribution in [0.4, 0.5) is 10.1 Å². The van der Waals surface area contributed by atoms with Gasteiger partial charge in [-0.25, -0.2) is 17.5 Å². The summed E-state index contributed by atoms with van der Waals surface area (Å²) in [5.41, 5.74) is 0.0100. The normalized spacial score (nSPS) is 15.8. The number of nitro benzene ring substituents is 1. The number of hydrogen-bond donors (Lipinski definition) is 1. The van der Waals surface area contributed by atoms with Crippen LogP contribution in [0.2, 0.25) is 5.02 Å². The van der Waals surface area contributed by atoms with E-state index in [4.69, 9.17) is 11.6 Å². The lowest BCUT2D eigenvalue weighted by Crippen LogP contribution is -2.30. The van der Waals surface area contributed by atoms with Gasteiger partial charge in [0.15, 0.2) is 4.90 Å². The first-order chi connectivity index (χ1) is 11.8. The molecule has 25 heavy (non-hydrogen) atoms. The first-order valence-electron chi connectivity index (χ1n) is 7.50. The molecule has 1 N–H and O–H groups in total. The molecule has 0 heterocycles. The van der Waals surface area contributed by atoms with Crippen molar-refractivity contribution in [2.75, 3.05) is 0 Å². The van der Waals surface area contributed by atoms with E-state index >= 15 is 0 Å². The molecule has 3 rings (SSSR count). The molecule has 1 saturated carbocycles. The van der Waals surface area contributed by atoms with E-state index in [0.29, 0.717) is 5.56 Å². The Hall–Kier alpha value is -2.03. The molecule has 0 aliphatic heterocycles. The average molecular weight is 385 g/mol. The van der Waals surface area contributed by atoms with E-state index in [0.717, 1.165) is 18.9 Å². The van der Waals surface area contributed by atoms with Crippen LogP contribution in [0.15, 0.2) is 47.4 Å². The van der Waals surface area contributed by atoms with Gasteiger partial charge in [-0.3, -0.25) is 10.1 Å². The zero-order chi connectivity index (χ0) is 18.2. The number of nitrogens with zero attached hydrogens (tertiary/aromatic N) is 1. The zero-order valence-corrected chi connectivity index (χ0v) is 14.4. The number of sulfonamides is 1. The number of halogens is 2. The van der Waals surface area contributed by atoms with Crippen LogP contribution in [0.25, 0.3) is 0 Å². The van der Waals surface area contributed by atoms with Gasteiger partial charge in [0.2, 0.25) is 10.0 Å². The molecule has 1 aliphatic rings. The highest BCUT2D eigenvalue weighted by molar-refractivity contribution is 7.89. The maximum absolute atomic E-state index is 13.1. The molecule has 1 atom stereocenters. The minimum Gasteiger partial charge on any atom is -0.258 e. The Morgan fingerprint density at radius 1 is 1.20 bits per heavy atom. The van der Waals surface area contributed by atoms with E-state index in [2.05, 4.69) is 4.72 Å². The summed E-state index contributed by atoms with van der Waals surface area (Å²) in [6.07, 6.45) is 1.63. The first kappa shape index (κ1) is 17.8. The molecule has 2 aromatic carbocycles. The van der Waals surface area contributed by atoms with Gasteiger partial charge in [0.05, 0.1) is 9.95 Å². The molecule has 0 aromatic heterocycles. The lowest BCUT2D eigenvalue weighted by Gasteiger charge is -2.19. The molecule has 0 spiro atoms. The fourth-order valence-corrected chi connectivity index (χ4v) is 4.67. The number of nitrogens with one attached hydrogen (secondary N) is 1. The standard InChI is InChI=1S/C16H14ClFN2O4S/c17-13-2-1-3-14(20(21)22)16(13)25(23,24)19-15(10-4-5-10)11-6-8-12(18)9-7-11/h1-3,6-10,15,19H,4-5H2. The van der Waals surface area contributed by atoms with Crippen LogP contribution in [0.5, 0.6) is 0 Å². The second-order valence-corrected chi connectivity index (χ2v) is 7.89. The van der Waals surface area contributed by atoms with Gasteiger partial charge < -0.3 is 0 Å². The van der Waals surface area contributed by atoms with E-state index in [1.54, 1.807) is 0 Å². The third-order valence-electron chi connectivity index (χ3n) is 4.02. The highest BCUT2D eigenvalue weighted by atomic mass is 35.5. The maximum Gasteiger partial charge on any atom is 0.290 e. The van der Waals surface area contributed by atoms with Crippen LogP contribution in [0, 0.1) is 21.8 Å². The summed E-state index contributed by atoms with van der Waals surface area (Å²) in [6.45, 7) is 0. The number of benzene rings is 2. The smallest absolute Gasteiger partial charge is 0.258 e. The molecule has 0 amide bonds. The van der Waals surface area contributed by atoms with E-state index in [-0.39, 0.29) is 10.9 Å². The van der Waals surface area contributed by atoms with Crippen molar-refractivity contribution in [1.29, 1.82) is 0 Å². The average Bonchev–Trinajstić information content (AvgIpc) is 3.38. The largest absolute Gasteiger partial charge is 0.290 e. The van der Waals surface area contributed by atoms with Crippen molar-refractivity contribution in [3.63, 3.8) is 0 Å². The number of rotatable bonds is 6. The highest BCUT2D eigenvalue weighted by Gasteiger charge is 2.38. The molecular weight excluding hydrogens is 371 g/mol. The molecule has 6 nitrogen and oxygen atoms in total. The molecule has 1 fully saturated rings. The van der Waals surface area contributed by atoms with Crippen LogP contribution in [0.3, 0.4) is 0 Å². The molecule has 1 aliphatic carbocycles. The van der Waals surface area contributed by atoms with Crippen LogP contribution >= 0.6 is 11.6 Å². The number of hydrogen-bond acceptors (Lipinski definition) is 4. The summed E-state index contributed by atoms with van der Waals surface area (Å²) in [4.78, 5) is 9.83. The molecule has 132 valence electrons. The van der Waals surface area contributed by atoms with Crippen molar-refractivity contribution >= 4 is 27.3 Å². The predicted octanol–water partition coefficient (Wildman–Crippen LogP) is 3.82. The van der Waals surface area contributed by atoms with Crippen LogP contribution < -0.4 is 4.72 Å². The third kappa shape index (κ3) is 3.81. The summed E-state index contributed by atoms with van der Waals surface area (Å²) in [6, 6.07) is 8.59. The Kier molecular flexibility index (Phi) is 4.77. The van der Waals surface area contributed by atoms with Gasteiger partial charge in [0, 0.05) is 12.1 Å². The van der Waals surface area contributed by atoms with Crippen molar-refractivity contribution in [2.24, 2.45) is 5.92 Å². The van der Waals surface area contributed by atoms with Crippen molar-refractivity contribution in [2.45, 2.75) is 23.8 Å².